The first-order chi connectivity index (χ1) is 10.6. The van der Waals surface area contributed by atoms with Crippen molar-refractivity contribution in [3.63, 3.8) is 0 Å². The van der Waals surface area contributed by atoms with E-state index in [4.69, 9.17) is 15.3 Å². The molecule has 2 N–H and O–H groups in total. The van der Waals surface area contributed by atoms with Gasteiger partial charge in [-0.25, -0.2) is 4.79 Å². The summed E-state index contributed by atoms with van der Waals surface area (Å²) in [7, 11) is 0. The molecule has 0 aliphatic carbocycles. The Balaban J connectivity index is 2.01. The number of ether oxygens (including phenoxy) is 1. The summed E-state index contributed by atoms with van der Waals surface area (Å²) < 4.78 is 4.87. The van der Waals surface area contributed by atoms with E-state index < -0.39 is 11.9 Å². The van der Waals surface area contributed by atoms with Gasteiger partial charge in [-0.15, -0.1) is 0 Å². The van der Waals surface area contributed by atoms with E-state index in [-0.39, 0.29) is 11.4 Å². The zero-order valence-corrected chi connectivity index (χ0v) is 11.9. The van der Waals surface area contributed by atoms with Gasteiger partial charge in [-0.3, -0.25) is 4.79 Å². The van der Waals surface area contributed by atoms with Gasteiger partial charge in [-0.2, -0.15) is 0 Å². The normalized spacial score (nSPS) is 10.9. The number of carbonyl (C=O) groups is 2. The topological polar surface area (TPSA) is 91.0 Å². The number of nitrogens with two attached hydrogens (primary N) is 1. The van der Waals surface area contributed by atoms with Crippen molar-refractivity contribution in [1.29, 1.82) is 0 Å². The lowest BCUT2D eigenvalue weighted by Gasteiger charge is -2.03. The monoisotopic (exact) mass is 298 g/mol. The zero-order valence-electron chi connectivity index (χ0n) is 11.9. The maximum Gasteiger partial charge on any atom is 0.365 e. The van der Waals surface area contributed by atoms with Crippen LogP contribution in [0.3, 0.4) is 0 Å². The maximum absolute atomic E-state index is 11.8. The van der Waals surface area contributed by atoms with Crippen LogP contribution in [0.15, 0.2) is 59.8 Å². The first-order valence-electron chi connectivity index (χ1n) is 6.45. The highest BCUT2D eigenvalue weighted by atomic mass is 16.7. The fourth-order valence-electron chi connectivity index (χ4n) is 1.63. The van der Waals surface area contributed by atoms with Crippen LogP contribution < -0.4 is 10.5 Å². The molecule has 0 atom stereocenters. The third-order valence-electron chi connectivity index (χ3n) is 2.65. The molecule has 2 aromatic rings. The third kappa shape index (κ3) is 4.17. The molecule has 22 heavy (non-hydrogen) atoms. The number of nitrogens with zero attached hydrogens (tertiary/aromatic N) is 1. The van der Waals surface area contributed by atoms with Crippen molar-refractivity contribution < 1.29 is 19.2 Å². The van der Waals surface area contributed by atoms with Crippen LogP contribution in [0.2, 0.25) is 0 Å². The van der Waals surface area contributed by atoms with Crippen LogP contribution in [-0.2, 0) is 9.63 Å². The molecule has 0 unspecified atom stereocenters. The van der Waals surface area contributed by atoms with Gasteiger partial charge in [0.05, 0.1) is 5.56 Å². The van der Waals surface area contributed by atoms with Crippen molar-refractivity contribution in [3.8, 4) is 5.75 Å². The molecule has 6 nitrogen and oxygen atoms in total. The van der Waals surface area contributed by atoms with Crippen molar-refractivity contribution in [3.05, 3.63) is 65.7 Å². The molecule has 0 spiro atoms. The van der Waals surface area contributed by atoms with E-state index in [0.29, 0.717) is 11.3 Å². The smallest absolute Gasteiger partial charge is 0.365 e. The standard InChI is InChI=1S/C16H14N2O4/c1-11(19)21-14-9-7-13(8-10-14)16(20)22-18-15(17)12-5-3-2-4-6-12/h2-10H,1H3,(H2,17,18). The van der Waals surface area contributed by atoms with Crippen molar-refractivity contribution in [2.75, 3.05) is 0 Å². The van der Waals surface area contributed by atoms with Crippen LogP contribution in [0.25, 0.3) is 0 Å². The summed E-state index contributed by atoms with van der Waals surface area (Å²) in [4.78, 5) is 27.4. The second kappa shape index (κ2) is 7.03. The van der Waals surface area contributed by atoms with E-state index in [1.54, 1.807) is 24.3 Å². The Morgan fingerprint density at radius 1 is 0.955 bits per heavy atom. The predicted molar refractivity (Wildman–Crippen MR) is 80.3 cm³/mol. The highest BCUT2D eigenvalue weighted by Crippen LogP contribution is 2.13. The quantitative estimate of drug-likeness (QED) is 0.233. The van der Waals surface area contributed by atoms with Crippen LogP contribution >= 0.6 is 0 Å². The largest absolute Gasteiger partial charge is 0.427 e. The lowest BCUT2D eigenvalue weighted by molar-refractivity contribution is -0.131. The summed E-state index contributed by atoms with van der Waals surface area (Å²) in [6.45, 7) is 1.29. The number of rotatable bonds is 4. The summed E-state index contributed by atoms with van der Waals surface area (Å²) in [5, 5.41) is 3.60. The molecule has 0 bridgehead atoms. The van der Waals surface area contributed by atoms with E-state index in [9.17, 15) is 9.59 Å². The summed E-state index contributed by atoms with van der Waals surface area (Å²) >= 11 is 0. The van der Waals surface area contributed by atoms with Gasteiger partial charge in [0.2, 0.25) is 0 Å². The molecule has 0 aliphatic heterocycles. The molecule has 0 fully saturated rings. The van der Waals surface area contributed by atoms with Gasteiger partial charge >= 0.3 is 11.9 Å². The Hall–Kier alpha value is -3.15. The second-order valence-corrected chi connectivity index (χ2v) is 4.34. The Morgan fingerprint density at radius 2 is 1.59 bits per heavy atom. The number of hydrogen-bond acceptors (Lipinski definition) is 5. The number of hydrogen-bond donors (Lipinski definition) is 1. The van der Waals surface area contributed by atoms with Gasteiger partial charge in [-0.05, 0) is 24.3 Å². The second-order valence-electron chi connectivity index (χ2n) is 4.34. The van der Waals surface area contributed by atoms with E-state index in [2.05, 4.69) is 5.16 Å². The lowest BCUT2D eigenvalue weighted by Crippen LogP contribution is -2.15. The number of oxime groups is 1. The fraction of sp³-hybridized carbons (Fsp3) is 0.0625. The molecule has 0 aromatic heterocycles. The van der Waals surface area contributed by atoms with Crippen LogP contribution in [0.5, 0.6) is 5.75 Å². The first-order valence-corrected chi connectivity index (χ1v) is 6.45. The summed E-state index contributed by atoms with van der Waals surface area (Å²) in [6.07, 6.45) is 0. The molecular formula is C16H14N2O4. The van der Waals surface area contributed by atoms with Gasteiger partial charge in [0.25, 0.3) is 0 Å². The van der Waals surface area contributed by atoms with Crippen molar-refractivity contribution >= 4 is 17.8 Å². The highest BCUT2D eigenvalue weighted by molar-refractivity contribution is 5.98. The van der Waals surface area contributed by atoms with Crippen LogP contribution in [0.1, 0.15) is 22.8 Å². The molecule has 0 saturated carbocycles. The zero-order chi connectivity index (χ0) is 15.9. The predicted octanol–water partition coefficient (Wildman–Crippen LogP) is 2.09. The molecule has 0 aliphatic rings. The van der Waals surface area contributed by atoms with Crippen LogP contribution in [0.4, 0.5) is 0 Å². The minimum atomic E-state index is -0.659. The Morgan fingerprint density at radius 3 is 2.18 bits per heavy atom. The average Bonchev–Trinajstić information content (AvgIpc) is 2.53. The molecule has 2 aromatic carbocycles. The van der Waals surface area contributed by atoms with E-state index in [0.717, 1.165) is 0 Å². The van der Waals surface area contributed by atoms with Crippen molar-refractivity contribution in [2.24, 2.45) is 10.9 Å². The Bertz CT molecular complexity index is 694. The number of esters is 1. The van der Waals surface area contributed by atoms with E-state index >= 15 is 0 Å². The summed E-state index contributed by atoms with van der Waals surface area (Å²) in [6, 6.07) is 14.9. The minimum absolute atomic E-state index is 0.102. The summed E-state index contributed by atoms with van der Waals surface area (Å²) in [5.74, 6) is -0.648. The molecule has 6 heteroatoms. The maximum atomic E-state index is 11.8. The SMILES string of the molecule is CC(=O)Oc1ccc(C(=O)ON=C(N)c2ccccc2)cc1. The van der Waals surface area contributed by atoms with Crippen molar-refractivity contribution in [2.45, 2.75) is 6.92 Å². The molecule has 0 radical (unpaired) electrons. The van der Waals surface area contributed by atoms with Crippen LogP contribution in [0, 0.1) is 0 Å². The molecule has 0 heterocycles. The Kier molecular flexibility index (Phi) is 4.87. The third-order valence-corrected chi connectivity index (χ3v) is 2.65. The van der Waals surface area contributed by atoms with Gasteiger partial charge in [-0.1, -0.05) is 35.5 Å². The van der Waals surface area contributed by atoms with E-state index in [1.165, 1.54) is 31.2 Å². The average molecular weight is 298 g/mol. The molecule has 0 amide bonds. The van der Waals surface area contributed by atoms with Gasteiger partial charge in [0.1, 0.15) is 5.75 Å². The van der Waals surface area contributed by atoms with Crippen molar-refractivity contribution in [1.82, 2.24) is 0 Å². The lowest BCUT2D eigenvalue weighted by atomic mass is 10.2. The van der Waals surface area contributed by atoms with Crippen LogP contribution in [-0.4, -0.2) is 17.8 Å². The molecule has 112 valence electrons. The fourth-order valence-corrected chi connectivity index (χ4v) is 1.63. The summed E-state index contributed by atoms with van der Waals surface area (Å²) in [5.41, 5.74) is 6.63. The molecule has 0 saturated heterocycles. The number of carbonyl (C=O) groups excluding carboxylic acids is 2. The minimum Gasteiger partial charge on any atom is -0.427 e. The number of benzene rings is 2. The van der Waals surface area contributed by atoms with Gasteiger partial charge in [0.15, 0.2) is 5.84 Å². The van der Waals surface area contributed by atoms with Gasteiger partial charge < -0.3 is 15.3 Å². The van der Waals surface area contributed by atoms with Gasteiger partial charge in [0, 0.05) is 12.5 Å². The number of amidine groups is 1. The highest BCUT2D eigenvalue weighted by Gasteiger charge is 2.08. The molecule has 2 rings (SSSR count). The molecular weight excluding hydrogens is 284 g/mol. The Labute approximate surface area is 127 Å². The van der Waals surface area contributed by atoms with E-state index in [1.807, 2.05) is 6.07 Å². The first kappa shape index (κ1) is 15.2.